The molecule has 0 radical (unpaired) electrons. The van der Waals surface area contributed by atoms with Crippen molar-refractivity contribution in [3.05, 3.63) is 72.7 Å². The van der Waals surface area contributed by atoms with Gasteiger partial charge in [-0.25, -0.2) is 4.98 Å². The fraction of sp³-hybridized carbons (Fsp3) is 0.150. The maximum Gasteiger partial charge on any atom is 0.242 e. The molecule has 26 heavy (non-hydrogen) atoms. The third kappa shape index (κ3) is 3.21. The molecule has 0 saturated heterocycles. The molecule has 4 rings (SSSR count). The summed E-state index contributed by atoms with van der Waals surface area (Å²) >= 11 is 0. The summed E-state index contributed by atoms with van der Waals surface area (Å²) in [6, 6.07) is 19.7. The number of carbonyl (C=O) groups is 1. The Hall–Kier alpha value is -3.41. The first-order valence-corrected chi connectivity index (χ1v) is 8.44. The molecule has 130 valence electrons. The van der Waals surface area contributed by atoms with Gasteiger partial charge in [0, 0.05) is 12.6 Å². The molecule has 0 unspecified atom stereocenters. The molecule has 6 nitrogen and oxygen atoms in total. The van der Waals surface area contributed by atoms with Crippen LogP contribution in [-0.4, -0.2) is 37.6 Å². The van der Waals surface area contributed by atoms with Crippen LogP contribution >= 0.6 is 0 Å². The standard InChI is InChI=1S/C20H19N5O/c1-24(12-16-11-18(23-22-16)15-7-3-2-4-8-15)20(26)13-25-14-21-17-9-5-6-10-19(17)25/h2-11,14H,12-13H2,1H3,(H,22,23). The molecule has 1 amide bonds. The summed E-state index contributed by atoms with van der Waals surface area (Å²) < 4.78 is 1.87. The number of H-pyrrole nitrogens is 1. The maximum atomic E-state index is 12.6. The highest BCUT2D eigenvalue weighted by atomic mass is 16.2. The van der Waals surface area contributed by atoms with E-state index in [0.29, 0.717) is 6.54 Å². The number of fused-ring (bicyclic) bond motifs is 1. The van der Waals surface area contributed by atoms with Crippen LogP contribution in [0.5, 0.6) is 0 Å². The number of aromatic amines is 1. The second-order valence-electron chi connectivity index (χ2n) is 6.26. The highest BCUT2D eigenvalue weighted by Gasteiger charge is 2.13. The summed E-state index contributed by atoms with van der Waals surface area (Å²) in [5, 5.41) is 7.35. The molecule has 2 aromatic heterocycles. The van der Waals surface area contributed by atoms with Crippen molar-refractivity contribution < 1.29 is 4.79 Å². The maximum absolute atomic E-state index is 12.6. The van der Waals surface area contributed by atoms with E-state index in [0.717, 1.165) is 28.0 Å². The minimum absolute atomic E-state index is 0.0176. The van der Waals surface area contributed by atoms with E-state index in [9.17, 15) is 4.79 Å². The number of imidazole rings is 1. The van der Waals surface area contributed by atoms with E-state index in [2.05, 4.69) is 15.2 Å². The molecule has 0 saturated carbocycles. The molecule has 0 aliphatic heterocycles. The number of para-hydroxylation sites is 2. The summed E-state index contributed by atoms with van der Waals surface area (Å²) in [5.41, 5.74) is 4.68. The normalized spacial score (nSPS) is 11.0. The number of nitrogens with one attached hydrogen (secondary N) is 1. The number of benzene rings is 2. The van der Waals surface area contributed by atoms with Gasteiger partial charge in [0.1, 0.15) is 6.54 Å². The van der Waals surface area contributed by atoms with Gasteiger partial charge in [-0.05, 0) is 18.2 Å². The van der Waals surface area contributed by atoms with Crippen LogP contribution in [0.4, 0.5) is 0 Å². The van der Waals surface area contributed by atoms with E-state index in [4.69, 9.17) is 0 Å². The van der Waals surface area contributed by atoms with Crippen LogP contribution in [0.3, 0.4) is 0 Å². The number of nitrogens with zero attached hydrogens (tertiary/aromatic N) is 4. The molecule has 0 atom stereocenters. The fourth-order valence-electron chi connectivity index (χ4n) is 2.95. The predicted molar refractivity (Wildman–Crippen MR) is 100 cm³/mol. The molecule has 6 heteroatoms. The Labute approximate surface area is 151 Å². The van der Waals surface area contributed by atoms with Crippen molar-refractivity contribution in [2.24, 2.45) is 0 Å². The van der Waals surface area contributed by atoms with Gasteiger partial charge in [-0.2, -0.15) is 5.10 Å². The molecule has 0 aliphatic rings. The number of rotatable bonds is 5. The summed E-state index contributed by atoms with van der Waals surface area (Å²) in [7, 11) is 1.80. The molecular formula is C20H19N5O. The fourth-order valence-corrected chi connectivity index (χ4v) is 2.95. The van der Waals surface area contributed by atoms with Crippen LogP contribution in [0.2, 0.25) is 0 Å². The highest BCUT2D eigenvalue weighted by molar-refractivity contribution is 5.80. The Morgan fingerprint density at radius 2 is 1.88 bits per heavy atom. The second kappa shape index (κ2) is 6.84. The zero-order valence-corrected chi connectivity index (χ0v) is 14.5. The third-order valence-electron chi connectivity index (χ3n) is 4.37. The summed E-state index contributed by atoms with van der Waals surface area (Å²) in [6.07, 6.45) is 1.71. The zero-order chi connectivity index (χ0) is 17.9. The first-order chi connectivity index (χ1) is 12.7. The van der Waals surface area contributed by atoms with E-state index in [1.165, 1.54) is 0 Å². The van der Waals surface area contributed by atoms with Gasteiger partial charge in [-0.1, -0.05) is 42.5 Å². The van der Waals surface area contributed by atoms with Crippen LogP contribution in [0.15, 0.2) is 67.0 Å². The molecule has 0 fully saturated rings. The first-order valence-electron chi connectivity index (χ1n) is 8.44. The average molecular weight is 345 g/mol. The van der Waals surface area contributed by atoms with Crippen molar-refractivity contribution in [2.45, 2.75) is 13.1 Å². The number of amides is 1. The van der Waals surface area contributed by atoms with Gasteiger partial charge in [0.05, 0.1) is 35.3 Å². The van der Waals surface area contributed by atoms with Gasteiger partial charge in [0.2, 0.25) is 5.91 Å². The quantitative estimate of drug-likeness (QED) is 0.604. The molecule has 1 N–H and O–H groups in total. The number of hydrogen-bond acceptors (Lipinski definition) is 3. The molecular weight excluding hydrogens is 326 g/mol. The lowest BCUT2D eigenvalue weighted by molar-refractivity contribution is -0.131. The van der Waals surface area contributed by atoms with Crippen molar-refractivity contribution in [2.75, 3.05) is 7.05 Å². The number of carbonyl (C=O) groups excluding carboxylic acids is 1. The highest BCUT2D eigenvalue weighted by Crippen LogP contribution is 2.18. The van der Waals surface area contributed by atoms with Gasteiger partial charge >= 0.3 is 0 Å². The minimum atomic E-state index is 0.0176. The van der Waals surface area contributed by atoms with Crippen LogP contribution in [0.25, 0.3) is 22.3 Å². The topological polar surface area (TPSA) is 66.8 Å². The summed E-state index contributed by atoms with van der Waals surface area (Å²) in [6.45, 7) is 0.738. The molecule has 0 spiro atoms. The van der Waals surface area contributed by atoms with E-state index >= 15 is 0 Å². The summed E-state index contributed by atoms with van der Waals surface area (Å²) in [5.74, 6) is 0.0176. The molecule has 4 aromatic rings. The van der Waals surface area contributed by atoms with Gasteiger partial charge in [-0.15, -0.1) is 0 Å². The van der Waals surface area contributed by atoms with Crippen LogP contribution in [0.1, 0.15) is 5.69 Å². The van der Waals surface area contributed by atoms with Gasteiger partial charge in [0.15, 0.2) is 0 Å². The largest absolute Gasteiger partial charge is 0.338 e. The van der Waals surface area contributed by atoms with Gasteiger partial charge in [-0.3, -0.25) is 9.89 Å². The monoisotopic (exact) mass is 345 g/mol. The van der Waals surface area contributed by atoms with Crippen LogP contribution in [-0.2, 0) is 17.9 Å². The number of hydrogen-bond donors (Lipinski definition) is 1. The zero-order valence-electron chi connectivity index (χ0n) is 14.5. The minimum Gasteiger partial charge on any atom is -0.338 e. The van der Waals surface area contributed by atoms with Crippen LogP contribution in [0, 0.1) is 0 Å². The Balaban J connectivity index is 1.44. The lowest BCUT2D eigenvalue weighted by Crippen LogP contribution is -2.29. The smallest absolute Gasteiger partial charge is 0.242 e. The molecule has 0 aliphatic carbocycles. The Kier molecular flexibility index (Phi) is 4.23. The van der Waals surface area contributed by atoms with E-state index < -0.39 is 0 Å². The van der Waals surface area contributed by atoms with Crippen molar-refractivity contribution in [3.8, 4) is 11.3 Å². The number of aromatic nitrogens is 4. The van der Waals surface area contributed by atoms with Gasteiger partial charge < -0.3 is 9.47 Å². The summed E-state index contributed by atoms with van der Waals surface area (Å²) in [4.78, 5) is 18.6. The van der Waals surface area contributed by atoms with Crippen molar-refractivity contribution in [3.63, 3.8) is 0 Å². The van der Waals surface area contributed by atoms with E-state index in [1.54, 1.807) is 18.3 Å². The molecule has 2 heterocycles. The number of likely N-dealkylation sites (N-methyl/N-ethyl adjacent to an activating group) is 1. The van der Waals surface area contributed by atoms with Crippen molar-refractivity contribution in [1.29, 1.82) is 0 Å². The Bertz CT molecular complexity index is 1030. The Morgan fingerprint density at radius 1 is 1.12 bits per heavy atom. The lowest BCUT2D eigenvalue weighted by Gasteiger charge is -2.16. The second-order valence-corrected chi connectivity index (χ2v) is 6.26. The Morgan fingerprint density at radius 3 is 2.73 bits per heavy atom. The van der Waals surface area contributed by atoms with E-state index in [-0.39, 0.29) is 12.5 Å². The molecule has 0 bridgehead atoms. The predicted octanol–water partition coefficient (Wildman–Crippen LogP) is 3.09. The first kappa shape index (κ1) is 16.1. The van der Waals surface area contributed by atoms with E-state index in [1.807, 2.05) is 65.2 Å². The van der Waals surface area contributed by atoms with Gasteiger partial charge in [0.25, 0.3) is 0 Å². The van der Waals surface area contributed by atoms with Crippen molar-refractivity contribution >= 4 is 16.9 Å². The lowest BCUT2D eigenvalue weighted by atomic mass is 10.1. The van der Waals surface area contributed by atoms with Crippen molar-refractivity contribution in [1.82, 2.24) is 24.6 Å². The third-order valence-corrected chi connectivity index (χ3v) is 4.37. The average Bonchev–Trinajstić information content (AvgIpc) is 3.30. The molecule has 2 aromatic carbocycles. The SMILES string of the molecule is CN(Cc1cc(-c2ccccc2)n[nH]1)C(=O)Cn1cnc2ccccc21. The van der Waals surface area contributed by atoms with Crippen LogP contribution < -0.4 is 0 Å².